The van der Waals surface area contributed by atoms with Gasteiger partial charge < -0.3 is 10.6 Å². The van der Waals surface area contributed by atoms with Crippen molar-refractivity contribution in [2.75, 3.05) is 24.2 Å². The maximum atomic E-state index is 13.3. The number of halogens is 1. The molecule has 5 heteroatoms. The zero-order valence-electron chi connectivity index (χ0n) is 10.2. The van der Waals surface area contributed by atoms with Gasteiger partial charge in [-0.25, -0.2) is 9.37 Å². The third-order valence-electron chi connectivity index (χ3n) is 2.70. The monoisotopic (exact) mass is 226 g/mol. The molecule has 0 spiro atoms. The first kappa shape index (κ1) is 12.7. The van der Waals surface area contributed by atoms with E-state index in [0.29, 0.717) is 24.3 Å². The summed E-state index contributed by atoms with van der Waals surface area (Å²) in [5.74, 6) is 1.27. The molecule has 0 aliphatic heterocycles. The molecule has 1 heterocycles. The Kier molecular flexibility index (Phi) is 4.46. The van der Waals surface area contributed by atoms with Gasteiger partial charge in [0.05, 0.1) is 6.20 Å². The fourth-order valence-electron chi connectivity index (χ4n) is 1.10. The highest BCUT2D eigenvalue weighted by molar-refractivity contribution is 5.40. The van der Waals surface area contributed by atoms with Gasteiger partial charge in [0, 0.05) is 13.6 Å². The summed E-state index contributed by atoms with van der Waals surface area (Å²) in [5, 5.41) is 5.78. The van der Waals surface area contributed by atoms with E-state index < -0.39 is 5.82 Å². The first-order valence-electron chi connectivity index (χ1n) is 5.48. The normalized spacial score (nSPS) is 12.6. The van der Waals surface area contributed by atoms with Gasteiger partial charge in [-0.05, 0) is 11.8 Å². The second-order valence-corrected chi connectivity index (χ2v) is 4.24. The van der Waals surface area contributed by atoms with Crippen molar-refractivity contribution in [3.05, 3.63) is 12.0 Å². The average Bonchev–Trinajstić information content (AvgIpc) is 2.27. The zero-order valence-corrected chi connectivity index (χ0v) is 10.2. The molecule has 0 aromatic carbocycles. The van der Waals surface area contributed by atoms with E-state index in [1.54, 1.807) is 7.05 Å². The predicted molar refractivity (Wildman–Crippen MR) is 64.0 cm³/mol. The highest BCUT2D eigenvalue weighted by Gasteiger charge is 2.10. The van der Waals surface area contributed by atoms with Crippen LogP contribution in [0.25, 0.3) is 0 Å². The largest absolute Gasteiger partial charge is 0.367 e. The Morgan fingerprint density at radius 2 is 2.06 bits per heavy atom. The molecule has 2 N–H and O–H groups in total. The molecule has 0 radical (unpaired) electrons. The molecule has 1 atom stereocenters. The third-order valence-corrected chi connectivity index (χ3v) is 2.70. The van der Waals surface area contributed by atoms with Crippen molar-refractivity contribution >= 4 is 11.8 Å². The molecule has 0 saturated heterocycles. The molecule has 4 nitrogen and oxygen atoms in total. The van der Waals surface area contributed by atoms with E-state index in [4.69, 9.17) is 0 Å². The quantitative estimate of drug-likeness (QED) is 0.809. The smallest absolute Gasteiger partial charge is 0.224 e. The molecule has 0 aliphatic rings. The number of nitrogens with zero attached hydrogens (tertiary/aromatic N) is 2. The fraction of sp³-hybridized carbons (Fsp3) is 0.636. The number of aromatic nitrogens is 2. The Hall–Kier alpha value is -1.39. The summed E-state index contributed by atoms with van der Waals surface area (Å²) >= 11 is 0. The lowest BCUT2D eigenvalue weighted by Gasteiger charge is -2.16. The maximum Gasteiger partial charge on any atom is 0.224 e. The molecular weight excluding hydrogens is 207 g/mol. The highest BCUT2D eigenvalue weighted by Crippen LogP contribution is 2.14. The molecule has 1 aromatic rings. The van der Waals surface area contributed by atoms with Crippen molar-refractivity contribution in [2.45, 2.75) is 20.8 Å². The van der Waals surface area contributed by atoms with E-state index in [1.807, 2.05) is 0 Å². The number of anilines is 2. The Bertz CT molecular complexity index is 341. The second-order valence-electron chi connectivity index (χ2n) is 4.24. The first-order valence-corrected chi connectivity index (χ1v) is 5.48. The number of rotatable bonds is 5. The van der Waals surface area contributed by atoms with Crippen LogP contribution in [0.2, 0.25) is 0 Å². The van der Waals surface area contributed by atoms with Gasteiger partial charge in [0.1, 0.15) is 0 Å². The Balaban J connectivity index is 2.65. The molecule has 0 aliphatic carbocycles. The van der Waals surface area contributed by atoms with Crippen LogP contribution in [0.15, 0.2) is 6.20 Å². The molecular formula is C11H19FN4. The summed E-state index contributed by atoms with van der Waals surface area (Å²) in [6.07, 6.45) is 1.17. The Morgan fingerprint density at radius 1 is 1.38 bits per heavy atom. The van der Waals surface area contributed by atoms with Crippen LogP contribution in [0.5, 0.6) is 0 Å². The Labute approximate surface area is 95.7 Å². The van der Waals surface area contributed by atoms with Gasteiger partial charge >= 0.3 is 0 Å². The van der Waals surface area contributed by atoms with Crippen LogP contribution < -0.4 is 10.6 Å². The highest BCUT2D eigenvalue weighted by atomic mass is 19.1. The number of hydrogen-bond donors (Lipinski definition) is 2. The zero-order chi connectivity index (χ0) is 12.1. The summed E-state index contributed by atoms with van der Waals surface area (Å²) in [6.45, 7) is 7.11. The second kappa shape index (κ2) is 5.63. The van der Waals surface area contributed by atoms with Crippen molar-refractivity contribution in [1.29, 1.82) is 0 Å². The number of hydrogen-bond acceptors (Lipinski definition) is 4. The van der Waals surface area contributed by atoms with Crippen molar-refractivity contribution in [3.63, 3.8) is 0 Å². The lowest BCUT2D eigenvalue weighted by Crippen LogP contribution is -2.18. The minimum absolute atomic E-state index is 0.256. The molecule has 0 saturated carbocycles. The summed E-state index contributed by atoms with van der Waals surface area (Å²) < 4.78 is 13.3. The van der Waals surface area contributed by atoms with Gasteiger partial charge in [-0.2, -0.15) is 4.98 Å². The predicted octanol–water partition coefficient (Wildman–Crippen LogP) is 2.36. The minimum atomic E-state index is -0.421. The van der Waals surface area contributed by atoms with Gasteiger partial charge in [0.2, 0.25) is 5.95 Å². The summed E-state index contributed by atoms with van der Waals surface area (Å²) in [5.41, 5.74) is 0. The van der Waals surface area contributed by atoms with Crippen LogP contribution in [0.4, 0.5) is 16.2 Å². The van der Waals surface area contributed by atoms with Crippen molar-refractivity contribution < 1.29 is 4.39 Å². The lowest BCUT2D eigenvalue weighted by molar-refractivity contribution is 0.438. The van der Waals surface area contributed by atoms with Crippen LogP contribution in [0, 0.1) is 17.7 Å². The van der Waals surface area contributed by atoms with Crippen LogP contribution in [-0.4, -0.2) is 23.6 Å². The molecule has 16 heavy (non-hydrogen) atoms. The van der Waals surface area contributed by atoms with E-state index in [0.717, 1.165) is 0 Å². The molecule has 1 unspecified atom stereocenters. The molecule has 1 rings (SSSR count). The van der Waals surface area contributed by atoms with Gasteiger partial charge in [0.25, 0.3) is 0 Å². The van der Waals surface area contributed by atoms with E-state index in [-0.39, 0.29) is 5.82 Å². The topological polar surface area (TPSA) is 49.8 Å². The van der Waals surface area contributed by atoms with Crippen molar-refractivity contribution in [1.82, 2.24) is 9.97 Å². The molecule has 0 amide bonds. The lowest BCUT2D eigenvalue weighted by atomic mass is 9.98. The summed E-state index contributed by atoms with van der Waals surface area (Å²) in [7, 11) is 1.70. The van der Waals surface area contributed by atoms with E-state index in [9.17, 15) is 4.39 Å². The molecule has 1 aromatic heterocycles. The standard InChI is InChI=1S/C11H19FN4/c1-7(2)8(3)5-14-10-9(12)6-15-11(13-4)16-10/h6-8H,5H2,1-4H3,(H2,13,14,15,16). The van der Waals surface area contributed by atoms with E-state index in [2.05, 4.69) is 41.4 Å². The van der Waals surface area contributed by atoms with Crippen molar-refractivity contribution in [2.24, 2.45) is 11.8 Å². The molecule has 90 valence electrons. The minimum Gasteiger partial charge on any atom is -0.367 e. The SMILES string of the molecule is CNc1ncc(F)c(NCC(C)C(C)C)n1. The van der Waals surface area contributed by atoms with Crippen molar-refractivity contribution in [3.8, 4) is 0 Å². The molecule has 0 bridgehead atoms. The van der Waals surface area contributed by atoms with Gasteiger partial charge in [-0.1, -0.05) is 20.8 Å². The average molecular weight is 226 g/mol. The van der Waals surface area contributed by atoms with Gasteiger partial charge in [0.15, 0.2) is 11.6 Å². The van der Waals surface area contributed by atoms with Crippen LogP contribution in [0.3, 0.4) is 0 Å². The summed E-state index contributed by atoms with van der Waals surface area (Å²) in [4.78, 5) is 7.80. The third kappa shape index (κ3) is 3.32. The maximum absolute atomic E-state index is 13.3. The van der Waals surface area contributed by atoms with Gasteiger partial charge in [-0.15, -0.1) is 0 Å². The first-order chi connectivity index (χ1) is 7.54. The van der Waals surface area contributed by atoms with Crippen LogP contribution >= 0.6 is 0 Å². The Morgan fingerprint density at radius 3 is 2.62 bits per heavy atom. The van der Waals surface area contributed by atoms with Crippen LogP contribution in [-0.2, 0) is 0 Å². The fourth-order valence-corrected chi connectivity index (χ4v) is 1.10. The molecule has 0 fully saturated rings. The van der Waals surface area contributed by atoms with Crippen LogP contribution in [0.1, 0.15) is 20.8 Å². The van der Waals surface area contributed by atoms with E-state index in [1.165, 1.54) is 6.20 Å². The summed E-state index contributed by atoms with van der Waals surface area (Å²) in [6, 6.07) is 0. The number of nitrogens with one attached hydrogen (secondary N) is 2. The van der Waals surface area contributed by atoms with E-state index >= 15 is 0 Å². The van der Waals surface area contributed by atoms with Gasteiger partial charge in [-0.3, -0.25) is 0 Å².